The van der Waals surface area contributed by atoms with Gasteiger partial charge in [0.1, 0.15) is 4.90 Å². The average molecular weight is 318 g/mol. The third-order valence-corrected chi connectivity index (χ3v) is 5.24. The summed E-state index contributed by atoms with van der Waals surface area (Å²) in [5.74, 6) is 0. The maximum absolute atomic E-state index is 12.1. The first-order chi connectivity index (χ1) is 9.59. The van der Waals surface area contributed by atoms with E-state index in [0.29, 0.717) is 6.54 Å². The van der Waals surface area contributed by atoms with Crippen molar-refractivity contribution in [1.82, 2.24) is 14.9 Å². The van der Waals surface area contributed by atoms with Crippen molar-refractivity contribution in [3.05, 3.63) is 29.3 Å². The van der Waals surface area contributed by atoms with Gasteiger partial charge >= 0.3 is 0 Å². The molecule has 0 saturated carbocycles. The van der Waals surface area contributed by atoms with Crippen molar-refractivity contribution in [2.45, 2.75) is 11.3 Å². The summed E-state index contributed by atoms with van der Waals surface area (Å²) in [5.41, 5.74) is 0. The first-order valence-electron chi connectivity index (χ1n) is 6.77. The van der Waals surface area contributed by atoms with Crippen molar-refractivity contribution < 1.29 is 8.42 Å². The molecule has 5 nitrogen and oxygen atoms in total. The minimum Gasteiger partial charge on any atom is -0.314 e. The third kappa shape index (κ3) is 4.43. The number of rotatable bonds is 6. The fourth-order valence-electron chi connectivity index (χ4n) is 2.18. The number of nitrogens with zero attached hydrogens (tertiary/aromatic N) is 1. The van der Waals surface area contributed by atoms with E-state index in [1.165, 1.54) is 6.07 Å². The molecule has 1 saturated heterocycles. The number of piperazine rings is 1. The van der Waals surface area contributed by atoms with Crippen molar-refractivity contribution in [2.75, 3.05) is 39.3 Å². The van der Waals surface area contributed by atoms with Gasteiger partial charge in [-0.15, -0.1) is 0 Å². The van der Waals surface area contributed by atoms with Crippen molar-refractivity contribution in [3.63, 3.8) is 0 Å². The molecule has 1 heterocycles. The standard InChI is InChI=1S/C13H20ClN3O2S/c14-12-4-1-2-5-13(12)20(18,19)16-6-3-9-17-10-7-15-8-11-17/h1-2,4-5,15-16H,3,6-11H2. The second-order valence-electron chi connectivity index (χ2n) is 4.77. The van der Waals surface area contributed by atoms with Crippen LogP contribution in [0, 0.1) is 0 Å². The minimum atomic E-state index is -3.51. The summed E-state index contributed by atoms with van der Waals surface area (Å²) >= 11 is 5.91. The molecule has 0 amide bonds. The van der Waals surface area contributed by atoms with Crippen LogP contribution in [0.15, 0.2) is 29.2 Å². The first-order valence-corrected chi connectivity index (χ1v) is 8.63. The largest absolute Gasteiger partial charge is 0.314 e. The molecule has 0 aliphatic carbocycles. The van der Waals surface area contributed by atoms with Crippen LogP contribution in [0.25, 0.3) is 0 Å². The lowest BCUT2D eigenvalue weighted by Gasteiger charge is -2.27. The lowest BCUT2D eigenvalue weighted by atomic mass is 10.3. The summed E-state index contributed by atoms with van der Waals surface area (Å²) in [4.78, 5) is 2.48. The molecular weight excluding hydrogens is 298 g/mol. The predicted molar refractivity (Wildman–Crippen MR) is 80.6 cm³/mol. The molecule has 20 heavy (non-hydrogen) atoms. The molecule has 0 unspecified atom stereocenters. The Labute approximate surface area is 125 Å². The Morgan fingerprint density at radius 1 is 1.25 bits per heavy atom. The molecule has 1 fully saturated rings. The first kappa shape index (κ1) is 15.7. The van der Waals surface area contributed by atoms with E-state index < -0.39 is 10.0 Å². The highest BCUT2D eigenvalue weighted by molar-refractivity contribution is 7.89. The van der Waals surface area contributed by atoms with E-state index in [0.717, 1.165) is 39.1 Å². The summed E-state index contributed by atoms with van der Waals surface area (Å²) in [6.07, 6.45) is 0.795. The van der Waals surface area contributed by atoms with Crippen LogP contribution in [-0.2, 0) is 10.0 Å². The molecule has 1 aliphatic rings. The second-order valence-corrected chi connectivity index (χ2v) is 6.92. The Balaban J connectivity index is 1.79. The molecule has 1 aliphatic heterocycles. The van der Waals surface area contributed by atoms with Crippen LogP contribution < -0.4 is 10.0 Å². The maximum Gasteiger partial charge on any atom is 0.242 e. The zero-order valence-corrected chi connectivity index (χ0v) is 12.9. The quantitative estimate of drug-likeness (QED) is 0.766. The fourth-order valence-corrected chi connectivity index (χ4v) is 3.78. The minimum absolute atomic E-state index is 0.142. The molecule has 7 heteroatoms. The average Bonchev–Trinajstić information content (AvgIpc) is 2.45. The Bertz CT molecular complexity index is 530. The summed E-state index contributed by atoms with van der Waals surface area (Å²) < 4.78 is 26.8. The van der Waals surface area contributed by atoms with Gasteiger partial charge in [0.25, 0.3) is 0 Å². The van der Waals surface area contributed by atoms with Gasteiger partial charge in [0.2, 0.25) is 10.0 Å². The number of halogens is 1. The highest BCUT2D eigenvalue weighted by Gasteiger charge is 2.16. The molecule has 0 spiro atoms. The smallest absolute Gasteiger partial charge is 0.242 e. The molecule has 2 rings (SSSR count). The number of sulfonamides is 1. The monoisotopic (exact) mass is 317 g/mol. The summed E-state index contributed by atoms with van der Waals surface area (Å²) in [6, 6.07) is 6.48. The maximum atomic E-state index is 12.1. The van der Waals surface area contributed by atoms with Crippen LogP contribution >= 0.6 is 11.6 Å². The van der Waals surface area contributed by atoms with E-state index in [2.05, 4.69) is 14.9 Å². The van der Waals surface area contributed by atoms with Crippen molar-refractivity contribution in [2.24, 2.45) is 0 Å². The topological polar surface area (TPSA) is 61.4 Å². The van der Waals surface area contributed by atoms with E-state index in [-0.39, 0.29) is 9.92 Å². The van der Waals surface area contributed by atoms with Crippen LogP contribution in [-0.4, -0.2) is 52.6 Å². The third-order valence-electron chi connectivity index (χ3n) is 3.28. The van der Waals surface area contributed by atoms with Gasteiger partial charge in [0.05, 0.1) is 5.02 Å². The van der Waals surface area contributed by atoms with E-state index in [1.54, 1.807) is 18.2 Å². The van der Waals surface area contributed by atoms with E-state index in [1.807, 2.05) is 0 Å². The van der Waals surface area contributed by atoms with Gasteiger partial charge in [-0.1, -0.05) is 23.7 Å². The van der Waals surface area contributed by atoms with Crippen molar-refractivity contribution in [3.8, 4) is 0 Å². The van der Waals surface area contributed by atoms with E-state index in [4.69, 9.17) is 11.6 Å². The Morgan fingerprint density at radius 2 is 1.95 bits per heavy atom. The highest BCUT2D eigenvalue weighted by atomic mass is 35.5. The van der Waals surface area contributed by atoms with Gasteiger partial charge < -0.3 is 10.2 Å². The molecule has 0 radical (unpaired) electrons. The van der Waals surface area contributed by atoms with E-state index in [9.17, 15) is 8.42 Å². The zero-order chi connectivity index (χ0) is 14.4. The second kappa shape index (κ2) is 7.38. The van der Waals surface area contributed by atoms with Gasteiger partial charge in [-0.25, -0.2) is 13.1 Å². The fraction of sp³-hybridized carbons (Fsp3) is 0.538. The molecule has 112 valence electrons. The summed E-state index contributed by atoms with van der Waals surface area (Å²) in [5, 5.41) is 3.54. The Kier molecular flexibility index (Phi) is 5.80. The normalized spacial score (nSPS) is 17.2. The van der Waals surface area contributed by atoms with Crippen LogP contribution in [0.5, 0.6) is 0 Å². The lowest BCUT2D eigenvalue weighted by molar-refractivity contribution is 0.239. The Hall–Kier alpha value is -0.660. The van der Waals surface area contributed by atoms with Crippen molar-refractivity contribution in [1.29, 1.82) is 0 Å². The molecule has 0 bridgehead atoms. The summed E-state index contributed by atoms with van der Waals surface area (Å²) in [6.45, 7) is 5.40. The number of hydrogen-bond donors (Lipinski definition) is 2. The Morgan fingerprint density at radius 3 is 2.65 bits per heavy atom. The summed E-state index contributed by atoms with van der Waals surface area (Å²) in [7, 11) is -3.51. The molecule has 2 N–H and O–H groups in total. The molecule has 1 aromatic carbocycles. The molecule has 0 atom stereocenters. The van der Waals surface area contributed by atoms with Gasteiger partial charge in [0, 0.05) is 32.7 Å². The zero-order valence-electron chi connectivity index (χ0n) is 11.3. The number of benzene rings is 1. The van der Waals surface area contributed by atoms with Crippen LogP contribution in [0.1, 0.15) is 6.42 Å². The number of hydrogen-bond acceptors (Lipinski definition) is 4. The molecule has 1 aromatic rings. The highest BCUT2D eigenvalue weighted by Crippen LogP contribution is 2.19. The van der Waals surface area contributed by atoms with Crippen LogP contribution in [0.4, 0.5) is 0 Å². The van der Waals surface area contributed by atoms with Gasteiger partial charge in [-0.05, 0) is 25.1 Å². The molecular formula is C13H20ClN3O2S. The van der Waals surface area contributed by atoms with Gasteiger partial charge in [-0.2, -0.15) is 0 Å². The van der Waals surface area contributed by atoms with Gasteiger partial charge in [-0.3, -0.25) is 0 Å². The van der Waals surface area contributed by atoms with E-state index >= 15 is 0 Å². The number of nitrogens with one attached hydrogen (secondary N) is 2. The lowest BCUT2D eigenvalue weighted by Crippen LogP contribution is -2.44. The van der Waals surface area contributed by atoms with Crippen molar-refractivity contribution >= 4 is 21.6 Å². The van der Waals surface area contributed by atoms with Crippen LogP contribution in [0.2, 0.25) is 5.02 Å². The van der Waals surface area contributed by atoms with Gasteiger partial charge in [0.15, 0.2) is 0 Å². The van der Waals surface area contributed by atoms with Crippen LogP contribution in [0.3, 0.4) is 0 Å². The SMILES string of the molecule is O=S(=O)(NCCCN1CCNCC1)c1ccccc1Cl. The molecule has 0 aromatic heterocycles. The predicted octanol–water partition coefficient (Wildman–Crippen LogP) is 0.914.